The quantitative estimate of drug-likeness (QED) is 0.622. The number of rotatable bonds is 4. The molecule has 0 saturated heterocycles. The number of ether oxygens (including phenoxy) is 1. The largest absolute Gasteiger partial charge is 0.466 e. The number of carbonyl (C=O) groups is 1. The molecule has 142 valence electrons. The maximum absolute atomic E-state index is 12.5. The van der Waals surface area contributed by atoms with Gasteiger partial charge in [0, 0.05) is 34.5 Å². The highest BCUT2D eigenvalue weighted by Crippen LogP contribution is 2.43. The summed E-state index contributed by atoms with van der Waals surface area (Å²) in [6.07, 6.45) is 8.33. The summed E-state index contributed by atoms with van der Waals surface area (Å²) in [6.45, 7) is 1.92. The van der Waals surface area contributed by atoms with Crippen molar-refractivity contribution in [3.63, 3.8) is 0 Å². The van der Waals surface area contributed by atoms with Crippen molar-refractivity contribution in [1.29, 1.82) is 0 Å². The van der Waals surface area contributed by atoms with E-state index in [1.54, 1.807) is 11.3 Å². The number of benzene rings is 1. The van der Waals surface area contributed by atoms with Crippen LogP contribution in [-0.2, 0) is 9.53 Å². The van der Waals surface area contributed by atoms with Gasteiger partial charge in [0.25, 0.3) is 0 Å². The molecule has 1 saturated carbocycles. The summed E-state index contributed by atoms with van der Waals surface area (Å²) < 4.78 is 5.09. The van der Waals surface area contributed by atoms with Crippen LogP contribution in [-0.4, -0.2) is 18.8 Å². The Hall–Kier alpha value is -2.72. The molecule has 2 atom stereocenters. The number of fused-ring (bicyclic) bond motifs is 1. The third-order valence-corrected chi connectivity index (χ3v) is 6.20. The zero-order valence-corrected chi connectivity index (χ0v) is 16.9. The molecule has 0 N–H and O–H groups in total. The van der Waals surface area contributed by atoms with Crippen molar-refractivity contribution in [3.05, 3.63) is 81.2 Å². The Kier molecular flexibility index (Phi) is 5.40. The minimum absolute atomic E-state index is 0.0191. The predicted molar refractivity (Wildman–Crippen MR) is 116 cm³/mol. The number of hydrogen-bond acceptors (Lipinski definition) is 4. The molecule has 2 unspecified atom stereocenters. The molecule has 28 heavy (non-hydrogen) atoms. The van der Waals surface area contributed by atoms with E-state index in [0.29, 0.717) is 5.57 Å². The number of esters is 1. The van der Waals surface area contributed by atoms with E-state index in [1.165, 1.54) is 23.3 Å². The third kappa shape index (κ3) is 3.78. The lowest BCUT2D eigenvalue weighted by Crippen LogP contribution is -2.28. The Bertz CT molecular complexity index is 981. The number of aliphatic imine (C=N–C) groups is 1. The van der Waals surface area contributed by atoms with Gasteiger partial charge in [-0.15, -0.1) is 11.3 Å². The Labute approximate surface area is 169 Å². The van der Waals surface area contributed by atoms with E-state index < -0.39 is 0 Å². The van der Waals surface area contributed by atoms with E-state index in [-0.39, 0.29) is 17.8 Å². The first-order valence-corrected chi connectivity index (χ1v) is 10.4. The number of thiophene rings is 1. The van der Waals surface area contributed by atoms with E-state index in [1.807, 2.05) is 25.1 Å². The molecule has 4 rings (SSSR count). The van der Waals surface area contributed by atoms with Crippen molar-refractivity contribution >= 4 is 35.2 Å². The minimum atomic E-state index is -0.279. The number of nitrogens with zero attached hydrogens (tertiary/aromatic N) is 1. The Balaban J connectivity index is 1.68. The summed E-state index contributed by atoms with van der Waals surface area (Å²) in [7, 11) is 1.44. The van der Waals surface area contributed by atoms with Gasteiger partial charge in [-0.25, -0.2) is 4.79 Å². The van der Waals surface area contributed by atoms with Gasteiger partial charge in [-0.05, 0) is 36.4 Å². The molecule has 1 fully saturated rings. The van der Waals surface area contributed by atoms with Crippen molar-refractivity contribution in [2.45, 2.75) is 19.8 Å². The lowest BCUT2D eigenvalue weighted by atomic mass is 9.80. The van der Waals surface area contributed by atoms with Gasteiger partial charge < -0.3 is 4.74 Å². The Morgan fingerprint density at radius 2 is 2.04 bits per heavy atom. The molecule has 1 aliphatic heterocycles. The molecule has 3 nitrogen and oxygen atoms in total. The van der Waals surface area contributed by atoms with Gasteiger partial charge in [0.1, 0.15) is 0 Å². The second-order valence-electron chi connectivity index (χ2n) is 7.19. The SMILES string of the molecule is COC(=O)C1=C(C)N=C2C/C(=C/c3cccs3)CC2C1/C=C/c1ccccc1. The number of methoxy groups -OCH3 is 1. The molecule has 2 aliphatic rings. The van der Waals surface area contributed by atoms with Crippen LogP contribution in [0.25, 0.3) is 12.2 Å². The molecule has 2 aromatic rings. The van der Waals surface area contributed by atoms with Gasteiger partial charge in [0.15, 0.2) is 0 Å². The summed E-state index contributed by atoms with van der Waals surface area (Å²) in [4.78, 5) is 18.6. The summed E-state index contributed by atoms with van der Waals surface area (Å²) in [5.74, 6) is -0.0861. The van der Waals surface area contributed by atoms with Crippen LogP contribution in [0.1, 0.15) is 30.2 Å². The zero-order valence-electron chi connectivity index (χ0n) is 16.1. The maximum Gasteiger partial charge on any atom is 0.336 e. The van der Waals surface area contributed by atoms with Gasteiger partial charge in [-0.3, -0.25) is 4.99 Å². The fourth-order valence-electron chi connectivity index (χ4n) is 4.10. The third-order valence-electron chi connectivity index (χ3n) is 5.38. The molecule has 0 bridgehead atoms. The van der Waals surface area contributed by atoms with Crippen LogP contribution in [0, 0.1) is 11.8 Å². The average molecular weight is 390 g/mol. The zero-order chi connectivity index (χ0) is 19.5. The first-order valence-electron chi connectivity index (χ1n) is 9.48. The lowest BCUT2D eigenvalue weighted by molar-refractivity contribution is -0.136. The summed E-state index contributed by atoms with van der Waals surface area (Å²) in [5.41, 5.74) is 5.14. The molecule has 0 amide bonds. The number of carbonyl (C=O) groups excluding carboxylic acids is 1. The minimum Gasteiger partial charge on any atom is -0.466 e. The van der Waals surface area contributed by atoms with Crippen molar-refractivity contribution < 1.29 is 9.53 Å². The van der Waals surface area contributed by atoms with Crippen LogP contribution >= 0.6 is 11.3 Å². The van der Waals surface area contributed by atoms with Gasteiger partial charge in [0.05, 0.1) is 12.7 Å². The fourth-order valence-corrected chi connectivity index (χ4v) is 4.80. The summed E-state index contributed by atoms with van der Waals surface area (Å²) >= 11 is 1.75. The first kappa shape index (κ1) is 18.6. The molecule has 2 heterocycles. The van der Waals surface area contributed by atoms with Gasteiger partial charge >= 0.3 is 5.97 Å². The number of hydrogen-bond donors (Lipinski definition) is 0. The van der Waals surface area contributed by atoms with Gasteiger partial charge in [-0.2, -0.15) is 0 Å². The van der Waals surface area contributed by atoms with Crippen LogP contribution in [0.5, 0.6) is 0 Å². The second-order valence-corrected chi connectivity index (χ2v) is 8.17. The van der Waals surface area contributed by atoms with Crippen LogP contribution in [0.3, 0.4) is 0 Å². The topological polar surface area (TPSA) is 38.7 Å². The Morgan fingerprint density at radius 3 is 2.75 bits per heavy atom. The molecule has 1 aliphatic carbocycles. The first-order chi connectivity index (χ1) is 13.7. The molecular formula is C24H23NO2S. The predicted octanol–water partition coefficient (Wildman–Crippen LogP) is 5.77. The van der Waals surface area contributed by atoms with Gasteiger partial charge in [-0.1, -0.05) is 54.1 Å². The van der Waals surface area contributed by atoms with Crippen molar-refractivity contribution in [2.75, 3.05) is 7.11 Å². The van der Waals surface area contributed by atoms with Gasteiger partial charge in [0.2, 0.25) is 0 Å². The van der Waals surface area contributed by atoms with Crippen LogP contribution in [0.2, 0.25) is 0 Å². The van der Waals surface area contributed by atoms with E-state index in [0.717, 1.165) is 24.1 Å². The molecule has 0 spiro atoms. The molecular weight excluding hydrogens is 366 g/mol. The van der Waals surface area contributed by atoms with E-state index >= 15 is 0 Å². The summed E-state index contributed by atoms with van der Waals surface area (Å²) in [5, 5.41) is 2.10. The van der Waals surface area contributed by atoms with Crippen molar-refractivity contribution in [3.8, 4) is 0 Å². The van der Waals surface area contributed by atoms with Crippen LogP contribution in [0.4, 0.5) is 0 Å². The molecule has 1 aromatic heterocycles. The Morgan fingerprint density at radius 1 is 1.21 bits per heavy atom. The standard InChI is InChI=1S/C24H23NO2S/c1-16-23(24(26)27-2)20(11-10-17-7-4-3-5-8-17)21-14-18(15-22(21)25-16)13-19-9-6-12-28-19/h3-13,20-21H,14-15H2,1-2H3/b11-10+,18-13+. The smallest absolute Gasteiger partial charge is 0.336 e. The van der Waals surface area contributed by atoms with E-state index in [2.05, 4.69) is 47.9 Å². The van der Waals surface area contributed by atoms with E-state index in [4.69, 9.17) is 9.73 Å². The van der Waals surface area contributed by atoms with Crippen LogP contribution < -0.4 is 0 Å². The highest BCUT2D eigenvalue weighted by atomic mass is 32.1. The monoisotopic (exact) mass is 389 g/mol. The highest BCUT2D eigenvalue weighted by molar-refractivity contribution is 7.10. The summed E-state index contributed by atoms with van der Waals surface area (Å²) in [6, 6.07) is 14.4. The second kappa shape index (κ2) is 8.11. The molecule has 1 aromatic carbocycles. The normalized spacial score (nSPS) is 23.2. The average Bonchev–Trinajstić information content (AvgIpc) is 3.35. The fraction of sp³-hybridized carbons (Fsp3) is 0.250. The van der Waals surface area contributed by atoms with Crippen LogP contribution in [0.15, 0.2) is 75.8 Å². The molecule has 4 heteroatoms. The number of allylic oxidation sites excluding steroid dienone is 3. The highest BCUT2D eigenvalue weighted by Gasteiger charge is 2.39. The maximum atomic E-state index is 12.5. The van der Waals surface area contributed by atoms with Crippen molar-refractivity contribution in [2.24, 2.45) is 16.8 Å². The lowest BCUT2D eigenvalue weighted by Gasteiger charge is -2.27. The van der Waals surface area contributed by atoms with Crippen molar-refractivity contribution in [1.82, 2.24) is 0 Å². The molecule has 0 radical (unpaired) electrons. The van der Waals surface area contributed by atoms with E-state index in [9.17, 15) is 4.79 Å².